The molecule has 0 aromatic heterocycles. The molecule has 0 saturated carbocycles. The molecule has 0 N–H and O–H groups in total. The van der Waals surface area contributed by atoms with Crippen molar-refractivity contribution in [2.24, 2.45) is 0 Å². The van der Waals surface area contributed by atoms with Gasteiger partial charge in [-0.1, -0.05) is 367 Å². The zero-order valence-electron chi connectivity index (χ0n) is 60.8. The molecule has 0 aliphatic heterocycles. The van der Waals surface area contributed by atoms with Gasteiger partial charge in [0.25, 0.3) is 0 Å². The number of fused-ring (bicyclic) bond motifs is 22. The van der Waals surface area contributed by atoms with Crippen molar-refractivity contribution >= 4 is 75.4 Å². The van der Waals surface area contributed by atoms with Crippen molar-refractivity contribution in [3.05, 3.63) is 420 Å². The second kappa shape index (κ2) is 23.8. The van der Waals surface area contributed by atoms with E-state index >= 15 is 0 Å². The molecule has 506 valence electrons. The largest absolute Gasteiger partial charge is 0.0619 e. The summed E-state index contributed by atoms with van der Waals surface area (Å²) in [5, 5.41) is 18.2. The third-order valence-corrected chi connectivity index (χ3v) is 25.2. The quantitative estimate of drug-likeness (QED) is 0.115. The van der Waals surface area contributed by atoms with Crippen molar-refractivity contribution in [2.75, 3.05) is 0 Å². The Bertz CT molecular complexity index is 6830. The van der Waals surface area contributed by atoms with Crippen molar-refractivity contribution in [3.8, 4) is 89.0 Å². The van der Waals surface area contributed by atoms with Gasteiger partial charge in [0.1, 0.15) is 0 Å². The number of benzene rings is 19. The summed E-state index contributed by atoms with van der Waals surface area (Å²) in [7, 11) is 0. The number of hydrogen-bond acceptors (Lipinski definition) is 0. The minimum absolute atomic E-state index is 0.0595. The second-order valence-electron chi connectivity index (χ2n) is 31.5. The highest BCUT2D eigenvalue weighted by Gasteiger charge is 2.40. The lowest BCUT2D eigenvalue weighted by atomic mass is 9.79. The maximum atomic E-state index is 2.50. The molecule has 0 radical (unpaired) electrons. The first kappa shape index (κ1) is 62.4. The highest BCUT2D eigenvalue weighted by atomic mass is 14.4. The Labute approximate surface area is 630 Å². The summed E-state index contributed by atoms with van der Waals surface area (Å²) in [6.07, 6.45) is 0. The fourth-order valence-electron chi connectivity index (χ4n) is 20.5. The van der Waals surface area contributed by atoms with E-state index in [1.165, 1.54) is 220 Å². The normalized spacial score (nSPS) is 14.0. The first-order valence-corrected chi connectivity index (χ1v) is 38.4. The molecule has 0 spiro atoms. The standard InChI is InChI=1S/C56H38.C52H36/c1-56(2)50-32-31-36(33-49(50)54-43-21-9-5-17-39(43)40-18-6-14-26-48(40)55(54)56)53-46-24-12-10-22-44(46)52(45-23-11-13-25-47(45)53)35-29-27-34(28-30-35)51-41-19-7-3-15-37(41)38-16-4-8-20-42(38)51;1-52(2)47-28-27-36(30-45(47)46-29-34-13-3-4-14-35(34)31-48(46)52)51-43-21-11-9-19-41(43)50(42-20-10-12-22-44(42)51)33-25-23-32(24-26-33)49-39-17-7-5-15-37(39)38-16-6-8-18-40(38)49/h3-33,51H,1-2H3;3-31,49H,1-2H3. The molecule has 23 rings (SSSR count). The van der Waals surface area contributed by atoms with E-state index in [9.17, 15) is 0 Å². The fraction of sp³-hybridized carbons (Fsp3) is 0.0741. The predicted molar refractivity (Wildman–Crippen MR) is 458 cm³/mol. The Balaban J connectivity index is 0.000000134. The van der Waals surface area contributed by atoms with Gasteiger partial charge in [-0.3, -0.25) is 0 Å². The number of rotatable bonds is 6. The molecule has 0 heteroatoms. The summed E-state index contributed by atoms with van der Waals surface area (Å²) < 4.78 is 0. The van der Waals surface area contributed by atoms with Crippen molar-refractivity contribution in [2.45, 2.75) is 50.4 Å². The van der Waals surface area contributed by atoms with Gasteiger partial charge in [0.15, 0.2) is 0 Å². The molecule has 19 aromatic carbocycles. The Morgan fingerprint density at radius 2 is 0.463 bits per heavy atom. The lowest BCUT2D eigenvalue weighted by Crippen LogP contribution is -2.15. The van der Waals surface area contributed by atoms with Crippen LogP contribution in [0.15, 0.2) is 364 Å². The van der Waals surface area contributed by atoms with Crippen LogP contribution in [0, 0.1) is 0 Å². The SMILES string of the molecule is CC1(C)c2ccc(-c3c4ccccc4c(-c4ccc(C5c6ccccc6-c6ccccc65)cc4)c4ccccc34)cc2-c2c1c1ccccc1c1ccccc21.CC1(C)c2ccc(-c3c4ccccc4c(-c4ccc(C5c6ccccc6-c6ccccc65)cc4)c4ccccc34)cc2-c2cc3ccccc3cc21. The van der Waals surface area contributed by atoms with Crippen LogP contribution in [0.1, 0.15) is 95.2 Å². The molecule has 0 bridgehead atoms. The molecule has 0 amide bonds. The van der Waals surface area contributed by atoms with E-state index in [4.69, 9.17) is 0 Å². The van der Waals surface area contributed by atoms with Gasteiger partial charge in [-0.15, -0.1) is 0 Å². The van der Waals surface area contributed by atoms with Gasteiger partial charge >= 0.3 is 0 Å². The van der Waals surface area contributed by atoms with Crippen LogP contribution in [-0.4, -0.2) is 0 Å². The minimum Gasteiger partial charge on any atom is -0.0619 e. The second-order valence-corrected chi connectivity index (χ2v) is 31.5. The van der Waals surface area contributed by atoms with Crippen LogP contribution in [0.4, 0.5) is 0 Å². The summed E-state index contributed by atoms with van der Waals surface area (Å²) in [6, 6.07) is 137. The van der Waals surface area contributed by atoms with Gasteiger partial charge < -0.3 is 0 Å². The van der Waals surface area contributed by atoms with E-state index in [0.29, 0.717) is 0 Å². The summed E-state index contributed by atoms with van der Waals surface area (Å²) in [5.74, 6) is 0.475. The molecular formula is C108H74. The first-order chi connectivity index (χ1) is 53.1. The van der Waals surface area contributed by atoms with Gasteiger partial charge in [-0.2, -0.15) is 0 Å². The maximum Gasteiger partial charge on any atom is 0.0352 e. The number of hydrogen-bond donors (Lipinski definition) is 0. The molecule has 0 nitrogen and oxygen atoms in total. The molecule has 0 fully saturated rings. The van der Waals surface area contributed by atoms with E-state index in [0.717, 1.165) is 0 Å². The molecule has 0 atom stereocenters. The summed E-state index contributed by atoms with van der Waals surface area (Å²) in [4.78, 5) is 0. The Hall–Kier alpha value is -13.0. The molecule has 0 unspecified atom stereocenters. The summed E-state index contributed by atoms with van der Waals surface area (Å²) in [5.41, 5.74) is 34.8. The van der Waals surface area contributed by atoms with E-state index in [-0.39, 0.29) is 22.7 Å². The van der Waals surface area contributed by atoms with Crippen LogP contribution in [0.25, 0.3) is 164 Å². The van der Waals surface area contributed by atoms with E-state index in [1.807, 2.05) is 0 Å². The highest BCUT2D eigenvalue weighted by Crippen LogP contribution is 2.58. The molecule has 4 aliphatic carbocycles. The van der Waals surface area contributed by atoms with E-state index in [2.05, 4.69) is 392 Å². The zero-order chi connectivity index (χ0) is 71.7. The summed E-state index contributed by atoms with van der Waals surface area (Å²) in [6.45, 7) is 9.57. The van der Waals surface area contributed by atoms with Crippen LogP contribution in [-0.2, 0) is 10.8 Å². The lowest BCUT2D eigenvalue weighted by molar-refractivity contribution is 0.661. The predicted octanol–water partition coefficient (Wildman–Crippen LogP) is 29.0. The molecule has 108 heavy (non-hydrogen) atoms. The van der Waals surface area contributed by atoms with Gasteiger partial charge in [0.05, 0.1) is 0 Å². The smallest absolute Gasteiger partial charge is 0.0352 e. The molecular weight excluding hydrogens is 1300 g/mol. The van der Waals surface area contributed by atoms with Crippen molar-refractivity contribution < 1.29 is 0 Å². The third-order valence-electron chi connectivity index (χ3n) is 25.2. The van der Waals surface area contributed by atoms with Crippen LogP contribution in [0.2, 0.25) is 0 Å². The van der Waals surface area contributed by atoms with Gasteiger partial charge in [0.2, 0.25) is 0 Å². The Kier molecular flexibility index (Phi) is 13.7. The highest BCUT2D eigenvalue weighted by molar-refractivity contribution is 6.24. The van der Waals surface area contributed by atoms with Crippen molar-refractivity contribution in [1.82, 2.24) is 0 Å². The first-order valence-electron chi connectivity index (χ1n) is 38.4. The van der Waals surface area contributed by atoms with Crippen LogP contribution in [0.3, 0.4) is 0 Å². The minimum atomic E-state index is -0.129. The fourth-order valence-corrected chi connectivity index (χ4v) is 20.5. The van der Waals surface area contributed by atoms with Crippen LogP contribution in [0.5, 0.6) is 0 Å². The van der Waals surface area contributed by atoms with Crippen molar-refractivity contribution in [1.29, 1.82) is 0 Å². The van der Waals surface area contributed by atoms with E-state index < -0.39 is 0 Å². The van der Waals surface area contributed by atoms with Gasteiger partial charge in [0, 0.05) is 22.7 Å². The van der Waals surface area contributed by atoms with Crippen LogP contribution < -0.4 is 0 Å². The van der Waals surface area contributed by atoms with Gasteiger partial charge in [-0.05, 0) is 244 Å². The summed E-state index contributed by atoms with van der Waals surface area (Å²) >= 11 is 0. The Morgan fingerprint density at radius 1 is 0.185 bits per heavy atom. The lowest BCUT2D eigenvalue weighted by Gasteiger charge is -2.24. The average Bonchev–Trinajstić information content (AvgIpc) is 1.52. The molecule has 0 saturated heterocycles. The third kappa shape index (κ3) is 9.11. The molecule has 19 aromatic rings. The van der Waals surface area contributed by atoms with Crippen LogP contribution >= 0.6 is 0 Å². The monoisotopic (exact) mass is 1370 g/mol. The van der Waals surface area contributed by atoms with E-state index in [1.54, 1.807) is 0 Å². The topological polar surface area (TPSA) is 0 Å². The Morgan fingerprint density at radius 3 is 0.861 bits per heavy atom. The van der Waals surface area contributed by atoms with Gasteiger partial charge in [-0.25, -0.2) is 0 Å². The average molecular weight is 1370 g/mol. The zero-order valence-corrected chi connectivity index (χ0v) is 60.8. The van der Waals surface area contributed by atoms with Crippen molar-refractivity contribution in [3.63, 3.8) is 0 Å². The maximum absolute atomic E-state index is 2.50. The molecule has 4 aliphatic rings. The molecule has 0 heterocycles.